The van der Waals surface area contributed by atoms with Crippen molar-refractivity contribution in [3.63, 3.8) is 0 Å². The predicted octanol–water partition coefficient (Wildman–Crippen LogP) is 5.34. The molecule has 2 aromatic carbocycles. The summed E-state index contributed by atoms with van der Waals surface area (Å²) in [5.74, 6) is 1.13. The summed E-state index contributed by atoms with van der Waals surface area (Å²) < 4.78 is 29.7. The molecule has 0 unspecified atom stereocenters. The molecule has 1 aromatic heterocycles. The molecule has 0 atom stereocenters. The predicted molar refractivity (Wildman–Crippen MR) is 120 cm³/mol. The Kier molecular flexibility index (Phi) is 6.85. The number of methoxy groups -OCH3 is 1. The second kappa shape index (κ2) is 9.96. The van der Waals surface area contributed by atoms with Gasteiger partial charge in [0.2, 0.25) is 0 Å². The molecule has 0 N–H and O–H groups in total. The van der Waals surface area contributed by atoms with E-state index in [1.165, 1.54) is 19.1 Å². The van der Waals surface area contributed by atoms with Gasteiger partial charge in [-0.15, -0.1) is 0 Å². The molecule has 1 fully saturated rings. The SMILES string of the molecule is COc1cc(C(C)=O)ccc1O/C=C/CCN1CCC(c2noc3cc(F)ccc23)CC1. The van der Waals surface area contributed by atoms with Gasteiger partial charge in [0.05, 0.1) is 19.1 Å². The van der Waals surface area contributed by atoms with E-state index in [2.05, 4.69) is 10.1 Å². The molecule has 0 bridgehead atoms. The van der Waals surface area contributed by atoms with Crippen molar-refractivity contribution >= 4 is 16.8 Å². The minimum Gasteiger partial charge on any atom is -0.493 e. The first-order valence-electron chi connectivity index (χ1n) is 10.8. The molecule has 7 heteroatoms. The average Bonchev–Trinajstić information content (AvgIpc) is 3.22. The van der Waals surface area contributed by atoms with Crippen molar-refractivity contribution in [1.82, 2.24) is 10.1 Å². The van der Waals surface area contributed by atoms with Crippen LogP contribution >= 0.6 is 0 Å². The lowest BCUT2D eigenvalue weighted by Crippen LogP contribution is -2.33. The summed E-state index contributed by atoms with van der Waals surface area (Å²) in [4.78, 5) is 13.9. The number of Topliss-reactive ketones (excluding diaryl/α,β-unsaturated/α-hetero) is 1. The van der Waals surface area contributed by atoms with Crippen molar-refractivity contribution in [3.05, 3.63) is 65.8 Å². The third-order valence-electron chi connectivity index (χ3n) is 5.91. The Morgan fingerprint density at radius 2 is 2.03 bits per heavy atom. The standard InChI is InChI=1S/C25H27FN2O4/c1-17(29)19-5-8-22(24(15-19)30-2)31-14-4-3-11-28-12-9-18(10-13-28)25-21-7-6-20(26)16-23(21)32-27-25/h4-8,14-16,18H,3,9-13H2,1-2H3/b14-4+. The monoisotopic (exact) mass is 438 g/mol. The quantitative estimate of drug-likeness (QED) is 0.349. The van der Waals surface area contributed by atoms with Crippen LogP contribution in [-0.2, 0) is 0 Å². The number of likely N-dealkylation sites (tertiary alicyclic amines) is 1. The van der Waals surface area contributed by atoms with Gasteiger partial charge in [0.15, 0.2) is 22.9 Å². The van der Waals surface area contributed by atoms with Gasteiger partial charge in [-0.3, -0.25) is 4.79 Å². The molecule has 4 rings (SSSR count). The molecule has 1 aliphatic rings. The van der Waals surface area contributed by atoms with Gasteiger partial charge >= 0.3 is 0 Å². The van der Waals surface area contributed by atoms with Crippen LogP contribution in [0, 0.1) is 5.82 Å². The van der Waals surface area contributed by atoms with Gasteiger partial charge in [-0.2, -0.15) is 0 Å². The maximum Gasteiger partial charge on any atom is 0.170 e. The summed E-state index contributed by atoms with van der Waals surface area (Å²) in [5.41, 5.74) is 2.05. The lowest BCUT2D eigenvalue weighted by Gasteiger charge is -2.30. The molecule has 168 valence electrons. The van der Waals surface area contributed by atoms with E-state index in [1.807, 2.05) is 6.08 Å². The number of ether oxygens (including phenoxy) is 2. The highest BCUT2D eigenvalue weighted by Crippen LogP contribution is 2.33. The van der Waals surface area contributed by atoms with Crippen LogP contribution in [0.25, 0.3) is 11.0 Å². The van der Waals surface area contributed by atoms with Gasteiger partial charge in [-0.1, -0.05) is 5.16 Å². The van der Waals surface area contributed by atoms with Gasteiger partial charge < -0.3 is 18.9 Å². The molecule has 2 heterocycles. The number of carbonyl (C=O) groups is 1. The molecular weight excluding hydrogens is 411 g/mol. The fourth-order valence-corrected chi connectivity index (χ4v) is 4.09. The number of hydrogen-bond acceptors (Lipinski definition) is 6. The zero-order valence-corrected chi connectivity index (χ0v) is 18.3. The lowest BCUT2D eigenvalue weighted by molar-refractivity contribution is 0.101. The Hall–Kier alpha value is -3.19. The van der Waals surface area contributed by atoms with Crippen LogP contribution in [0.2, 0.25) is 0 Å². The largest absolute Gasteiger partial charge is 0.493 e. The number of carbonyl (C=O) groups excluding carboxylic acids is 1. The minimum absolute atomic E-state index is 0.0141. The Balaban J connectivity index is 1.24. The second-order valence-corrected chi connectivity index (χ2v) is 8.02. The van der Waals surface area contributed by atoms with Crippen molar-refractivity contribution in [2.75, 3.05) is 26.7 Å². The summed E-state index contributed by atoms with van der Waals surface area (Å²) >= 11 is 0. The van der Waals surface area contributed by atoms with Crippen LogP contribution < -0.4 is 9.47 Å². The summed E-state index contributed by atoms with van der Waals surface area (Å²) in [6.45, 7) is 4.43. The maximum absolute atomic E-state index is 13.4. The highest BCUT2D eigenvalue weighted by molar-refractivity contribution is 5.94. The molecule has 1 saturated heterocycles. The third-order valence-corrected chi connectivity index (χ3v) is 5.91. The van der Waals surface area contributed by atoms with Crippen molar-refractivity contribution in [2.24, 2.45) is 0 Å². The van der Waals surface area contributed by atoms with Crippen LogP contribution in [0.3, 0.4) is 0 Å². The molecule has 0 aliphatic carbocycles. The number of fused-ring (bicyclic) bond motifs is 1. The Morgan fingerprint density at radius 3 is 2.78 bits per heavy atom. The first kappa shape index (κ1) is 22.0. The van der Waals surface area contributed by atoms with Crippen LogP contribution in [0.15, 0.2) is 53.3 Å². The fraction of sp³-hybridized carbons (Fsp3) is 0.360. The fourth-order valence-electron chi connectivity index (χ4n) is 4.09. The Labute approximate surface area is 186 Å². The van der Waals surface area contributed by atoms with Crippen molar-refractivity contribution in [3.8, 4) is 11.5 Å². The second-order valence-electron chi connectivity index (χ2n) is 8.02. The molecule has 0 amide bonds. The van der Waals surface area contributed by atoms with Crippen molar-refractivity contribution in [2.45, 2.75) is 32.1 Å². The van der Waals surface area contributed by atoms with Crippen LogP contribution in [-0.4, -0.2) is 42.6 Å². The van der Waals surface area contributed by atoms with Crippen LogP contribution in [0.4, 0.5) is 4.39 Å². The number of nitrogens with zero attached hydrogens (tertiary/aromatic N) is 2. The number of benzene rings is 2. The lowest BCUT2D eigenvalue weighted by atomic mass is 9.91. The average molecular weight is 438 g/mol. The van der Waals surface area contributed by atoms with E-state index in [0.29, 0.717) is 28.6 Å². The van der Waals surface area contributed by atoms with Gasteiger partial charge in [0.25, 0.3) is 0 Å². The number of halogens is 1. The van der Waals surface area contributed by atoms with E-state index in [1.54, 1.807) is 37.6 Å². The molecule has 1 aliphatic heterocycles. The maximum atomic E-state index is 13.4. The number of ketones is 1. The topological polar surface area (TPSA) is 64.8 Å². The van der Waals surface area contributed by atoms with E-state index in [4.69, 9.17) is 14.0 Å². The molecule has 32 heavy (non-hydrogen) atoms. The zero-order chi connectivity index (χ0) is 22.5. The van der Waals surface area contributed by atoms with E-state index in [-0.39, 0.29) is 11.6 Å². The molecule has 3 aromatic rings. The summed E-state index contributed by atoms with van der Waals surface area (Å²) in [5, 5.41) is 5.13. The molecule has 0 spiro atoms. The van der Waals surface area contributed by atoms with Gasteiger partial charge in [-0.25, -0.2) is 4.39 Å². The van der Waals surface area contributed by atoms with E-state index in [0.717, 1.165) is 50.0 Å². The molecule has 0 saturated carbocycles. The molecular formula is C25H27FN2O4. The van der Waals surface area contributed by atoms with Gasteiger partial charge in [-0.05, 0) is 75.7 Å². The minimum atomic E-state index is -0.307. The van der Waals surface area contributed by atoms with Gasteiger partial charge in [0, 0.05) is 29.5 Å². The highest BCUT2D eigenvalue weighted by Gasteiger charge is 2.24. The number of rotatable bonds is 8. The van der Waals surface area contributed by atoms with E-state index in [9.17, 15) is 9.18 Å². The number of aromatic nitrogens is 1. The Bertz CT molecular complexity index is 1120. The Morgan fingerprint density at radius 1 is 1.22 bits per heavy atom. The molecule has 0 radical (unpaired) electrons. The summed E-state index contributed by atoms with van der Waals surface area (Å²) in [6.07, 6.45) is 6.52. The number of piperidine rings is 1. The smallest absolute Gasteiger partial charge is 0.170 e. The summed E-state index contributed by atoms with van der Waals surface area (Å²) in [7, 11) is 1.56. The number of hydrogen-bond donors (Lipinski definition) is 0. The third kappa shape index (κ3) is 4.99. The first-order valence-corrected chi connectivity index (χ1v) is 10.8. The van der Waals surface area contributed by atoms with Crippen molar-refractivity contribution < 1.29 is 23.2 Å². The van der Waals surface area contributed by atoms with E-state index < -0.39 is 0 Å². The highest BCUT2D eigenvalue weighted by atomic mass is 19.1. The van der Waals surface area contributed by atoms with Crippen molar-refractivity contribution in [1.29, 1.82) is 0 Å². The van der Waals surface area contributed by atoms with E-state index >= 15 is 0 Å². The normalized spacial score (nSPS) is 15.5. The summed E-state index contributed by atoms with van der Waals surface area (Å²) in [6, 6.07) is 9.77. The van der Waals surface area contributed by atoms with Crippen LogP contribution in [0.1, 0.15) is 48.2 Å². The molecule has 6 nitrogen and oxygen atoms in total. The zero-order valence-electron chi connectivity index (χ0n) is 18.3. The van der Waals surface area contributed by atoms with Crippen LogP contribution in [0.5, 0.6) is 11.5 Å². The van der Waals surface area contributed by atoms with Gasteiger partial charge in [0.1, 0.15) is 5.82 Å². The first-order chi connectivity index (χ1) is 15.5.